The second kappa shape index (κ2) is 7.72. The lowest BCUT2D eigenvalue weighted by Crippen LogP contribution is -2.34. The molecule has 0 aliphatic heterocycles. The van der Waals surface area contributed by atoms with Gasteiger partial charge in [-0.3, -0.25) is 14.3 Å². The number of aromatic amines is 1. The van der Waals surface area contributed by atoms with Gasteiger partial charge in [-0.25, -0.2) is 14.8 Å². The van der Waals surface area contributed by atoms with Crippen LogP contribution in [0.25, 0.3) is 22.4 Å². The average Bonchev–Trinajstić information content (AvgIpc) is 3.20. The van der Waals surface area contributed by atoms with Gasteiger partial charge < -0.3 is 13.9 Å². The fraction of sp³-hybridized carbons (Fsp3) is 0.200. The highest BCUT2D eigenvalue weighted by atomic mass is 16.5. The van der Waals surface area contributed by atoms with Crippen LogP contribution in [0.2, 0.25) is 0 Å². The third-order valence-electron chi connectivity index (χ3n) is 4.52. The Balaban J connectivity index is 1.70. The highest BCUT2D eigenvalue weighted by molar-refractivity contribution is 5.78. The Labute approximate surface area is 164 Å². The minimum absolute atomic E-state index is 0.319. The van der Waals surface area contributed by atoms with Gasteiger partial charge in [0.15, 0.2) is 0 Å². The van der Waals surface area contributed by atoms with Gasteiger partial charge in [0.1, 0.15) is 17.5 Å². The van der Waals surface area contributed by atoms with Crippen molar-refractivity contribution in [2.75, 3.05) is 13.7 Å². The largest absolute Gasteiger partial charge is 0.446 e. The topological polar surface area (TPSA) is 112 Å². The maximum absolute atomic E-state index is 12.3. The van der Waals surface area contributed by atoms with Crippen molar-refractivity contribution in [1.82, 2.24) is 19.5 Å². The Hall–Kier alpha value is -3.72. The third kappa shape index (κ3) is 3.55. The molecular formula is C20H18N4O5. The molecule has 0 radical (unpaired) electrons. The van der Waals surface area contributed by atoms with E-state index in [-0.39, 0.29) is 0 Å². The highest BCUT2D eigenvalue weighted by Crippen LogP contribution is 2.29. The quantitative estimate of drug-likeness (QED) is 0.535. The van der Waals surface area contributed by atoms with Crippen molar-refractivity contribution in [3.63, 3.8) is 0 Å². The predicted octanol–water partition coefficient (Wildman–Crippen LogP) is 2.49. The summed E-state index contributed by atoms with van der Waals surface area (Å²) in [6.07, 6.45) is 2.88. The molecule has 148 valence electrons. The lowest BCUT2D eigenvalue weighted by atomic mass is 10.1. The molecule has 3 aromatic heterocycles. The molecule has 0 saturated carbocycles. The van der Waals surface area contributed by atoms with Crippen LogP contribution in [-0.4, -0.2) is 33.2 Å². The SMILES string of the molecule is COCCn1c(-c2ccc(Oc3ncnc4occc34)cc2)c(C)c(=O)[nH]c1=O. The van der Waals surface area contributed by atoms with Crippen molar-refractivity contribution in [2.45, 2.75) is 13.5 Å². The van der Waals surface area contributed by atoms with E-state index in [1.54, 1.807) is 44.4 Å². The predicted molar refractivity (Wildman–Crippen MR) is 105 cm³/mol. The van der Waals surface area contributed by atoms with Crippen LogP contribution in [0, 0.1) is 6.92 Å². The van der Waals surface area contributed by atoms with Gasteiger partial charge in [-0.15, -0.1) is 0 Å². The van der Waals surface area contributed by atoms with Gasteiger partial charge in [-0.1, -0.05) is 0 Å². The van der Waals surface area contributed by atoms with E-state index in [4.69, 9.17) is 13.9 Å². The van der Waals surface area contributed by atoms with E-state index in [9.17, 15) is 9.59 Å². The summed E-state index contributed by atoms with van der Waals surface area (Å²) in [5.41, 5.74) is 1.25. The van der Waals surface area contributed by atoms with Gasteiger partial charge in [-0.05, 0) is 42.8 Å². The molecule has 0 fully saturated rings. The molecule has 0 atom stereocenters. The lowest BCUT2D eigenvalue weighted by molar-refractivity contribution is 0.186. The van der Waals surface area contributed by atoms with Crippen LogP contribution in [0.15, 0.2) is 56.9 Å². The Morgan fingerprint density at radius 1 is 1.14 bits per heavy atom. The molecule has 9 nitrogen and oxygen atoms in total. The number of hydrogen-bond donors (Lipinski definition) is 1. The second-order valence-electron chi connectivity index (χ2n) is 6.32. The smallest absolute Gasteiger partial charge is 0.328 e. The summed E-state index contributed by atoms with van der Waals surface area (Å²) in [7, 11) is 1.56. The molecule has 1 aromatic carbocycles. The van der Waals surface area contributed by atoms with Crippen LogP contribution in [0.1, 0.15) is 5.56 Å². The first-order valence-electron chi connectivity index (χ1n) is 8.87. The maximum Gasteiger partial charge on any atom is 0.328 e. The van der Waals surface area contributed by atoms with E-state index in [1.165, 1.54) is 17.2 Å². The standard InChI is InChI=1S/C20H18N4O5/c1-12-16(24(8-10-27-2)20(26)23-17(12)25)13-3-5-14(6-4-13)29-19-15-7-9-28-18(15)21-11-22-19/h3-7,9,11H,8,10H2,1-2H3,(H,23,25,26). The Morgan fingerprint density at radius 3 is 2.69 bits per heavy atom. The minimum Gasteiger partial charge on any atom is -0.446 e. The summed E-state index contributed by atoms with van der Waals surface area (Å²) in [4.78, 5) is 34.9. The van der Waals surface area contributed by atoms with Gasteiger partial charge in [-0.2, -0.15) is 0 Å². The molecule has 29 heavy (non-hydrogen) atoms. The second-order valence-corrected chi connectivity index (χ2v) is 6.32. The molecule has 0 spiro atoms. The molecule has 0 unspecified atom stereocenters. The van der Waals surface area contributed by atoms with Gasteiger partial charge in [0, 0.05) is 12.7 Å². The van der Waals surface area contributed by atoms with Crippen LogP contribution in [-0.2, 0) is 11.3 Å². The number of ether oxygens (including phenoxy) is 2. The van der Waals surface area contributed by atoms with Crippen LogP contribution in [0.3, 0.4) is 0 Å². The van der Waals surface area contributed by atoms with E-state index < -0.39 is 11.2 Å². The summed E-state index contributed by atoms with van der Waals surface area (Å²) in [6, 6.07) is 8.79. The number of benzene rings is 1. The van der Waals surface area contributed by atoms with Crippen molar-refractivity contribution in [3.05, 3.63) is 69.3 Å². The van der Waals surface area contributed by atoms with Crippen molar-refractivity contribution in [3.8, 4) is 22.9 Å². The van der Waals surface area contributed by atoms with E-state index >= 15 is 0 Å². The number of fused-ring (bicyclic) bond motifs is 1. The molecule has 4 aromatic rings. The first-order chi connectivity index (χ1) is 14.1. The van der Waals surface area contributed by atoms with Crippen molar-refractivity contribution in [1.29, 1.82) is 0 Å². The first kappa shape index (κ1) is 18.6. The summed E-state index contributed by atoms with van der Waals surface area (Å²) < 4.78 is 17.7. The van der Waals surface area contributed by atoms with Gasteiger partial charge in [0.25, 0.3) is 5.56 Å². The summed E-state index contributed by atoms with van der Waals surface area (Å²) in [5.74, 6) is 0.920. The number of rotatable bonds is 6. The molecule has 0 bridgehead atoms. The normalized spacial score (nSPS) is 11.1. The molecule has 1 N–H and O–H groups in total. The van der Waals surface area contributed by atoms with E-state index in [0.717, 1.165) is 0 Å². The Morgan fingerprint density at radius 2 is 1.93 bits per heavy atom. The fourth-order valence-corrected chi connectivity index (χ4v) is 3.08. The molecule has 0 aliphatic rings. The van der Waals surface area contributed by atoms with E-state index in [0.29, 0.717) is 52.7 Å². The molecule has 0 aliphatic carbocycles. The molecule has 9 heteroatoms. The minimum atomic E-state index is -0.476. The molecule has 3 heterocycles. The fourth-order valence-electron chi connectivity index (χ4n) is 3.08. The van der Waals surface area contributed by atoms with E-state index in [2.05, 4.69) is 15.0 Å². The number of nitrogens with one attached hydrogen (secondary N) is 1. The lowest BCUT2D eigenvalue weighted by Gasteiger charge is -2.15. The zero-order valence-electron chi connectivity index (χ0n) is 15.8. The maximum atomic E-state index is 12.3. The number of nitrogens with zero attached hydrogens (tertiary/aromatic N) is 3. The Kier molecular flexibility index (Phi) is 4.96. The number of hydrogen-bond acceptors (Lipinski definition) is 7. The molecule has 0 saturated heterocycles. The summed E-state index contributed by atoms with van der Waals surface area (Å²) >= 11 is 0. The number of aromatic nitrogens is 4. The Bertz CT molecular complexity index is 1270. The zero-order chi connectivity index (χ0) is 20.4. The highest BCUT2D eigenvalue weighted by Gasteiger charge is 2.14. The number of H-pyrrole nitrogens is 1. The monoisotopic (exact) mass is 394 g/mol. The summed E-state index contributed by atoms with van der Waals surface area (Å²) in [5, 5.41) is 0.662. The average molecular weight is 394 g/mol. The van der Waals surface area contributed by atoms with Crippen LogP contribution in [0.4, 0.5) is 0 Å². The number of methoxy groups -OCH3 is 1. The third-order valence-corrected chi connectivity index (χ3v) is 4.52. The molecule has 0 amide bonds. The van der Waals surface area contributed by atoms with Gasteiger partial charge in [0.2, 0.25) is 11.6 Å². The summed E-state index contributed by atoms with van der Waals surface area (Å²) in [6.45, 7) is 2.34. The van der Waals surface area contributed by atoms with Crippen molar-refractivity contribution < 1.29 is 13.9 Å². The zero-order valence-corrected chi connectivity index (χ0v) is 15.8. The van der Waals surface area contributed by atoms with Crippen molar-refractivity contribution >= 4 is 11.1 Å². The van der Waals surface area contributed by atoms with Crippen LogP contribution >= 0.6 is 0 Å². The molecular weight excluding hydrogens is 376 g/mol. The van der Waals surface area contributed by atoms with Crippen molar-refractivity contribution in [2.24, 2.45) is 0 Å². The van der Waals surface area contributed by atoms with Gasteiger partial charge >= 0.3 is 5.69 Å². The van der Waals surface area contributed by atoms with Crippen LogP contribution < -0.4 is 16.0 Å². The van der Waals surface area contributed by atoms with E-state index in [1.807, 2.05) is 0 Å². The van der Waals surface area contributed by atoms with Crippen LogP contribution in [0.5, 0.6) is 11.6 Å². The number of furan rings is 1. The first-order valence-corrected chi connectivity index (χ1v) is 8.87. The van der Waals surface area contributed by atoms with Gasteiger partial charge in [0.05, 0.1) is 25.1 Å². The molecule has 4 rings (SSSR count).